The number of carbonyl (C=O) groups excluding carboxylic acids is 1. The number of carbonyl (C=O) groups is 1. The highest BCUT2D eigenvalue weighted by molar-refractivity contribution is 6.09. The van der Waals surface area contributed by atoms with Crippen LogP contribution in [0, 0.1) is 6.92 Å². The summed E-state index contributed by atoms with van der Waals surface area (Å²) in [6.45, 7) is 4.51. The lowest BCUT2D eigenvalue weighted by atomic mass is 10.2. The fourth-order valence-corrected chi connectivity index (χ4v) is 4.02. The zero-order valence-corrected chi connectivity index (χ0v) is 19.4. The van der Waals surface area contributed by atoms with Gasteiger partial charge in [-0.15, -0.1) is 0 Å². The van der Waals surface area contributed by atoms with Crippen LogP contribution >= 0.6 is 0 Å². The van der Waals surface area contributed by atoms with Crippen molar-refractivity contribution in [2.75, 3.05) is 19.5 Å². The Morgan fingerprint density at radius 1 is 1.03 bits per heavy atom. The molecule has 0 aliphatic rings. The lowest BCUT2D eigenvalue weighted by molar-refractivity contribution is 0.0501. The van der Waals surface area contributed by atoms with E-state index in [0.29, 0.717) is 40.2 Å². The molecule has 0 saturated carbocycles. The molecule has 0 spiro atoms. The number of nitrogen functional groups attached to an aromatic ring is 1. The summed E-state index contributed by atoms with van der Waals surface area (Å²) >= 11 is 0. The lowest BCUT2D eigenvalue weighted by Gasteiger charge is -2.13. The van der Waals surface area contributed by atoms with E-state index < -0.39 is 5.97 Å². The second-order valence-electron chi connectivity index (χ2n) is 8.21. The maximum Gasteiger partial charge on any atom is 0.344 e. The van der Waals surface area contributed by atoms with Gasteiger partial charge < -0.3 is 15.2 Å². The molecule has 4 aromatic rings. The van der Waals surface area contributed by atoms with Crippen LogP contribution in [-0.4, -0.2) is 34.2 Å². The highest BCUT2D eigenvalue weighted by atomic mass is 16.5. The Hall–Kier alpha value is -3.61. The minimum absolute atomic E-state index is 0.236. The van der Waals surface area contributed by atoms with Crippen LogP contribution in [0.4, 0.5) is 5.82 Å². The predicted molar refractivity (Wildman–Crippen MR) is 131 cm³/mol. The SMILES string of the molecule is CCCCCCCOC(=O)c1c(N)n(-c2cc(C)ccc2OC)c2nc3ccccc3nc12. The smallest absolute Gasteiger partial charge is 0.344 e. The van der Waals surface area contributed by atoms with Crippen LogP contribution < -0.4 is 10.5 Å². The molecule has 172 valence electrons. The van der Waals surface area contributed by atoms with E-state index in [1.54, 1.807) is 11.7 Å². The number of fused-ring (bicyclic) bond motifs is 2. The summed E-state index contributed by atoms with van der Waals surface area (Å²) in [5.74, 6) is 0.373. The van der Waals surface area contributed by atoms with Crippen LogP contribution in [0.25, 0.3) is 27.9 Å². The van der Waals surface area contributed by atoms with Gasteiger partial charge in [0, 0.05) is 0 Å². The average Bonchev–Trinajstić information content (AvgIpc) is 3.10. The number of para-hydroxylation sites is 2. The molecule has 0 aliphatic heterocycles. The van der Waals surface area contributed by atoms with E-state index in [2.05, 4.69) is 6.92 Å². The van der Waals surface area contributed by atoms with Crippen LogP contribution in [-0.2, 0) is 4.74 Å². The summed E-state index contributed by atoms with van der Waals surface area (Å²) in [6, 6.07) is 13.3. The number of rotatable bonds is 9. The molecule has 0 fully saturated rings. The van der Waals surface area contributed by atoms with Gasteiger partial charge in [-0.05, 0) is 43.2 Å². The summed E-state index contributed by atoms with van der Waals surface area (Å²) in [4.78, 5) is 22.7. The van der Waals surface area contributed by atoms with Gasteiger partial charge in [0.1, 0.15) is 22.6 Å². The Morgan fingerprint density at radius 3 is 2.48 bits per heavy atom. The van der Waals surface area contributed by atoms with Crippen LogP contribution in [0.1, 0.15) is 54.9 Å². The monoisotopic (exact) mass is 446 g/mol. The van der Waals surface area contributed by atoms with Gasteiger partial charge in [-0.25, -0.2) is 14.8 Å². The normalized spacial score (nSPS) is 11.2. The first kappa shape index (κ1) is 22.6. The van der Waals surface area contributed by atoms with E-state index in [0.717, 1.165) is 24.8 Å². The Balaban J connectivity index is 1.82. The first-order valence-corrected chi connectivity index (χ1v) is 11.4. The molecule has 0 atom stereocenters. The van der Waals surface area contributed by atoms with Crippen molar-refractivity contribution in [1.82, 2.24) is 14.5 Å². The van der Waals surface area contributed by atoms with Crippen molar-refractivity contribution in [1.29, 1.82) is 0 Å². The second-order valence-corrected chi connectivity index (χ2v) is 8.21. The van der Waals surface area contributed by atoms with E-state index in [1.807, 2.05) is 49.4 Å². The molecule has 2 N–H and O–H groups in total. The van der Waals surface area contributed by atoms with Gasteiger partial charge in [0.2, 0.25) is 0 Å². The third-order valence-electron chi connectivity index (χ3n) is 5.76. The van der Waals surface area contributed by atoms with E-state index >= 15 is 0 Å². The zero-order chi connectivity index (χ0) is 23.4. The summed E-state index contributed by atoms with van der Waals surface area (Å²) in [6.07, 6.45) is 5.36. The number of aromatic nitrogens is 3. The molecule has 2 aromatic carbocycles. The highest BCUT2D eigenvalue weighted by Crippen LogP contribution is 2.35. The number of anilines is 1. The van der Waals surface area contributed by atoms with Crippen molar-refractivity contribution < 1.29 is 14.3 Å². The number of aryl methyl sites for hydroxylation is 1. The fourth-order valence-electron chi connectivity index (χ4n) is 4.02. The Morgan fingerprint density at radius 2 is 1.76 bits per heavy atom. The number of nitrogens with two attached hydrogens (primary N) is 1. The van der Waals surface area contributed by atoms with Gasteiger partial charge in [-0.2, -0.15) is 0 Å². The first-order chi connectivity index (χ1) is 16.0. The molecule has 2 heterocycles. The van der Waals surface area contributed by atoms with Crippen molar-refractivity contribution in [2.45, 2.75) is 46.0 Å². The van der Waals surface area contributed by atoms with E-state index in [1.165, 1.54) is 12.8 Å². The average molecular weight is 447 g/mol. The number of methoxy groups -OCH3 is 1. The third kappa shape index (κ3) is 4.49. The van der Waals surface area contributed by atoms with Crippen LogP contribution in [0.3, 0.4) is 0 Å². The van der Waals surface area contributed by atoms with E-state index in [9.17, 15) is 4.79 Å². The predicted octanol–water partition coefficient (Wildman–Crippen LogP) is 5.60. The number of ether oxygens (including phenoxy) is 2. The van der Waals surface area contributed by atoms with E-state index in [4.69, 9.17) is 25.2 Å². The maximum atomic E-state index is 13.2. The van der Waals surface area contributed by atoms with Crippen molar-refractivity contribution in [3.8, 4) is 11.4 Å². The standard InChI is InChI=1S/C26H30N4O3/c1-4-5-6-7-10-15-33-26(31)22-23-25(29-19-12-9-8-11-18(19)28-23)30(24(22)27)20-16-17(2)13-14-21(20)32-3/h8-9,11-14,16H,4-7,10,15,27H2,1-3H3. The molecule has 4 rings (SSSR count). The van der Waals surface area contributed by atoms with Crippen molar-refractivity contribution in [3.05, 3.63) is 53.6 Å². The molecular weight excluding hydrogens is 416 g/mol. The number of unbranched alkanes of at least 4 members (excludes halogenated alkanes) is 4. The van der Waals surface area contributed by atoms with Crippen molar-refractivity contribution in [3.63, 3.8) is 0 Å². The number of esters is 1. The van der Waals surface area contributed by atoms with Gasteiger partial charge in [0.15, 0.2) is 5.65 Å². The molecule has 0 unspecified atom stereocenters. The Kier molecular flexibility index (Phi) is 6.77. The fraction of sp³-hybridized carbons (Fsp3) is 0.346. The number of hydrogen-bond donors (Lipinski definition) is 1. The molecule has 2 aromatic heterocycles. The second kappa shape index (κ2) is 9.90. The van der Waals surface area contributed by atoms with Gasteiger partial charge in [-0.3, -0.25) is 4.57 Å². The zero-order valence-electron chi connectivity index (χ0n) is 19.4. The Bertz CT molecular complexity index is 1300. The van der Waals surface area contributed by atoms with Gasteiger partial charge in [0.25, 0.3) is 0 Å². The quantitative estimate of drug-likeness (QED) is 0.266. The molecule has 7 nitrogen and oxygen atoms in total. The maximum absolute atomic E-state index is 13.2. The molecular formula is C26H30N4O3. The largest absolute Gasteiger partial charge is 0.495 e. The lowest BCUT2D eigenvalue weighted by Crippen LogP contribution is -2.10. The van der Waals surface area contributed by atoms with Crippen LogP contribution in [0.2, 0.25) is 0 Å². The number of nitrogens with zero attached hydrogens (tertiary/aromatic N) is 3. The Labute approximate surface area is 193 Å². The molecule has 7 heteroatoms. The van der Waals surface area contributed by atoms with Gasteiger partial charge in [0.05, 0.1) is 30.4 Å². The first-order valence-electron chi connectivity index (χ1n) is 11.4. The molecule has 0 radical (unpaired) electrons. The van der Waals surface area contributed by atoms with E-state index in [-0.39, 0.29) is 11.4 Å². The minimum atomic E-state index is -0.483. The van der Waals surface area contributed by atoms with Crippen LogP contribution in [0.5, 0.6) is 5.75 Å². The summed E-state index contributed by atoms with van der Waals surface area (Å²) in [5, 5.41) is 0. The summed E-state index contributed by atoms with van der Waals surface area (Å²) < 4.78 is 12.9. The molecule has 0 saturated heterocycles. The molecule has 33 heavy (non-hydrogen) atoms. The van der Waals surface area contributed by atoms with Crippen molar-refractivity contribution >= 4 is 34.0 Å². The summed E-state index contributed by atoms with van der Waals surface area (Å²) in [7, 11) is 1.60. The number of benzene rings is 2. The topological polar surface area (TPSA) is 92.3 Å². The van der Waals surface area contributed by atoms with Crippen LogP contribution in [0.15, 0.2) is 42.5 Å². The van der Waals surface area contributed by atoms with Crippen molar-refractivity contribution in [2.24, 2.45) is 0 Å². The van der Waals surface area contributed by atoms with Gasteiger partial charge in [-0.1, -0.05) is 50.8 Å². The number of hydrogen-bond acceptors (Lipinski definition) is 6. The molecule has 0 bridgehead atoms. The highest BCUT2D eigenvalue weighted by Gasteiger charge is 2.27. The summed E-state index contributed by atoms with van der Waals surface area (Å²) in [5.41, 5.74) is 10.9. The molecule has 0 aliphatic carbocycles. The minimum Gasteiger partial charge on any atom is -0.495 e. The molecule has 0 amide bonds. The van der Waals surface area contributed by atoms with Gasteiger partial charge >= 0.3 is 5.97 Å². The third-order valence-corrected chi connectivity index (χ3v) is 5.76.